The first kappa shape index (κ1) is 18.1. The number of carbonyl (C=O) groups is 1. The van der Waals surface area contributed by atoms with Crippen LogP contribution in [0.15, 0.2) is 30.5 Å². The van der Waals surface area contributed by atoms with Crippen LogP contribution in [-0.4, -0.2) is 63.7 Å². The summed E-state index contributed by atoms with van der Waals surface area (Å²) in [6.07, 6.45) is 1.61. The average Bonchev–Trinajstić information content (AvgIpc) is 2.74. The van der Waals surface area contributed by atoms with E-state index in [1.54, 1.807) is 23.2 Å². The van der Waals surface area contributed by atoms with Crippen molar-refractivity contribution in [3.05, 3.63) is 36.0 Å². The lowest BCUT2D eigenvalue weighted by atomic mass is 10.1. The van der Waals surface area contributed by atoms with Gasteiger partial charge < -0.3 is 20.1 Å². The van der Waals surface area contributed by atoms with Crippen molar-refractivity contribution < 1.29 is 14.3 Å². The van der Waals surface area contributed by atoms with Crippen molar-refractivity contribution in [1.82, 2.24) is 24.8 Å². The van der Waals surface area contributed by atoms with Gasteiger partial charge in [0.05, 0.1) is 31.7 Å². The Bertz CT molecular complexity index is 1000. The molecular formula is C19H20N6O3. The molecule has 0 unspecified atom stereocenters. The van der Waals surface area contributed by atoms with Gasteiger partial charge in [-0.2, -0.15) is 9.97 Å². The summed E-state index contributed by atoms with van der Waals surface area (Å²) in [5.41, 5.74) is 8.60. The van der Waals surface area contributed by atoms with Crippen LogP contribution in [-0.2, 0) is 4.74 Å². The van der Waals surface area contributed by atoms with E-state index in [9.17, 15) is 4.79 Å². The molecule has 3 aromatic rings. The summed E-state index contributed by atoms with van der Waals surface area (Å²) >= 11 is 0. The lowest BCUT2D eigenvalue weighted by molar-refractivity contribution is 0.0303. The molecule has 0 radical (unpaired) electrons. The second kappa shape index (κ2) is 7.73. The van der Waals surface area contributed by atoms with Crippen LogP contribution in [0, 0.1) is 0 Å². The smallest absolute Gasteiger partial charge is 0.254 e. The van der Waals surface area contributed by atoms with Crippen molar-refractivity contribution in [3.8, 4) is 17.1 Å². The molecule has 9 heteroatoms. The van der Waals surface area contributed by atoms with Gasteiger partial charge in [0.15, 0.2) is 11.2 Å². The fourth-order valence-corrected chi connectivity index (χ4v) is 3.01. The highest BCUT2D eigenvalue weighted by atomic mass is 16.5. The minimum absolute atomic E-state index is 0.00181. The molecule has 1 aromatic carbocycles. The van der Waals surface area contributed by atoms with Crippen LogP contribution in [0.3, 0.4) is 0 Å². The summed E-state index contributed by atoms with van der Waals surface area (Å²) in [6.45, 7) is 4.65. The molecule has 1 fully saturated rings. The number of ether oxygens (including phenoxy) is 2. The van der Waals surface area contributed by atoms with Gasteiger partial charge in [0.2, 0.25) is 11.8 Å². The number of anilines is 1. The van der Waals surface area contributed by atoms with Gasteiger partial charge in [0.25, 0.3) is 5.91 Å². The maximum atomic E-state index is 12.6. The number of fused-ring (bicyclic) bond motifs is 1. The minimum atomic E-state index is 0.00181. The summed E-state index contributed by atoms with van der Waals surface area (Å²) < 4.78 is 10.8. The molecule has 1 saturated heterocycles. The van der Waals surface area contributed by atoms with E-state index >= 15 is 0 Å². The predicted octanol–water partition coefficient (Wildman–Crippen LogP) is 1.54. The number of nitrogen functional groups attached to an aromatic ring is 1. The Kier molecular flexibility index (Phi) is 4.98. The first-order chi connectivity index (χ1) is 13.7. The topological polar surface area (TPSA) is 116 Å². The SMILES string of the molecule is CCOc1nc(N)nc2ncc(-c3ccc(C(=O)N4CCOCC4)cc3)nc12. The maximum absolute atomic E-state index is 12.6. The second-order valence-electron chi connectivity index (χ2n) is 6.23. The first-order valence-corrected chi connectivity index (χ1v) is 9.06. The Hall–Kier alpha value is -3.33. The largest absolute Gasteiger partial charge is 0.476 e. The molecular weight excluding hydrogens is 360 g/mol. The third-order valence-electron chi connectivity index (χ3n) is 4.40. The van der Waals surface area contributed by atoms with E-state index in [-0.39, 0.29) is 11.9 Å². The highest BCUT2D eigenvalue weighted by Gasteiger charge is 2.18. The van der Waals surface area contributed by atoms with E-state index in [4.69, 9.17) is 15.2 Å². The molecule has 9 nitrogen and oxygen atoms in total. The Morgan fingerprint density at radius 3 is 2.64 bits per heavy atom. The quantitative estimate of drug-likeness (QED) is 0.724. The molecule has 28 heavy (non-hydrogen) atoms. The Balaban J connectivity index is 1.63. The van der Waals surface area contributed by atoms with E-state index in [0.717, 1.165) is 5.56 Å². The molecule has 1 aliphatic rings. The van der Waals surface area contributed by atoms with Gasteiger partial charge in [-0.05, 0) is 19.1 Å². The van der Waals surface area contributed by atoms with Crippen LogP contribution in [0.25, 0.3) is 22.4 Å². The lowest BCUT2D eigenvalue weighted by Crippen LogP contribution is -2.40. The van der Waals surface area contributed by atoms with Gasteiger partial charge in [0, 0.05) is 24.2 Å². The first-order valence-electron chi connectivity index (χ1n) is 9.06. The normalized spacial score (nSPS) is 14.2. The highest BCUT2D eigenvalue weighted by Crippen LogP contribution is 2.24. The number of nitrogens with zero attached hydrogens (tertiary/aromatic N) is 5. The zero-order chi connectivity index (χ0) is 19.5. The number of aromatic nitrogens is 4. The van der Waals surface area contributed by atoms with E-state index in [1.807, 2.05) is 19.1 Å². The Morgan fingerprint density at radius 1 is 1.18 bits per heavy atom. The van der Waals surface area contributed by atoms with Crippen molar-refractivity contribution in [3.63, 3.8) is 0 Å². The molecule has 0 spiro atoms. The summed E-state index contributed by atoms with van der Waals surface area (Å²) in [7, 11) is 0. The number of nitrogens with two attached hydrogens (primary N) is 1. The van der Waals surface area contributed by atoms with Crippen LogP contribution in [0.4, 0.5) is 5.95 Å². The molecule has 0 bridgehead atoms. The fourth-order valence-electron chi connectivity index (χ4n) is 3.01. The lowest BCUT2D eigenvalue weighted by Gasteiger charge is -2.26. The molecule has 1 amide bonds. The molecule has 0 atom stereocenters. The number of benzene rings is 1. The predicted molar refractivity (Wildman–Crippen MR) is 103 cm³/mol. The van der Waals surface area contributed by atoms with Crippen LogP contribution in [0.1, 0.15) is 17.3 Å². The third kappa shape index (κ3) is 3.56. The average molecular weight is 380 g/mol. The molecule has 144 valence electrons. The van der Waals surface area contributed by atoms with E-state index in [1.165, 1.54) is 0 Å². The van der Waals surface area contributed by atoms with E-state index in [0.29, 0.717) is 61.2 Å². The van der Waals surface area contributed by atoms with Gasteiger partial charge in [-0.15, -0.1) is 0 Å². The summed E-state index contributed by atoms with van der Waals surface area (Å²) in [5.74, 6) is 0.393. The minimum Gasteiger partial charge on any atom is -0.476 e. The molecule has 2 N–H and O–H groups in total. The summed E-state index contributed by atoms with van der Waals surface area (Å²) in [4.78, 5) is 31.5. The van der Waals surface area contributed by atoms with Gasteiger partial charge in [-0.3, -0.25) is 4.79 Å². The standard InChI is InChI=1S/C19H20N6O3/c1-2-28-17-15-16(23-19(20)24-17)21-11-14(22-15)12-3-5-13(6-4-12)18(26)25-7-9-27-10-8-25/h3-6,11H,2,7-10H2,1H3,(H2,20,21,23,24). The molecule has 0 saturated carbocycles. The van der Waals surface area contributed by atoms with Crippen LogP contribution < -0.4 is 10.5 Å². The fraction of sp³-hybridized carbons (Fsp3) is 0.316. The van der Waals surface area contributed by atoms with Gasteiger partial charge in [0.1, 0.15) is 0 Å². The number of hydrogen-bond donors (Lipinski definition) is 1. The molecule has 1 aliphatic heterocycles. The summed E-state index contributed by atoms with van der Waals surface area (Å²) in [6, 6.07) is 7.29. The van der Waals surface area contributed by atoms with Crippen LogP contribution in [0.2, 0.25) is 0 Å². The van der Waals surface area contributed by atoms with Crippen molar-refractivity contribution in [1.29, 1.82) is 0 Å². The third-order valence-corrected chi connectivity index (χ3v) is 4.40. The number of carbonyl (C=O) groups excluding carboxylic acids is 1. The Morgan fingerprint density at radius 2 is 1.93 bits per heavy atom. The van der Waals surface area contributed by atoms with Crippen molar-refractivity contribution in [2.45, 2.75) is 6.92 Å². The van der Waals surface area contributed by atoms with Crippen LogP contribution in [0.5, 0.6) is 5.88 Å². The van der Waals surface area contributed by atoms with Gasteiger partial charge >= 0.3 is 0 Å². The van der Waals surface area contributed by atoms with E-state index < -0.39 is 0 Å². The number of rotatable bonds is 4. The number of morpholine rings is 1. The Labute approximate surface area is 161 Å². The molecule has 0 aliphatic carbocycles. The second-order valence-corrected chi connectivity index (χ2v) is 6.23. The van der Waals surface area contributed by atoms with Gasteiger partial charge in [-0.1, -0.05) is 12.1 Å². The number of hydrogen-bond acceptors (Lipinski definition) is 8. The van der Waals surface area contributed by atoms with Crippen molar-refractivity contribution >= 4 is 23.0 Å². The molecule has 2 aromatic heterocycles. The van der Waals surface area contributed by atoms with Crippen LogP contribution >= 0.6 is 0 Å². The summed E-state index contributed by atoms with van der Waals surface area (Å²) in [5, 5.41) is 0. The van der Waals surface area contributed by atoms with E-state index in [2.05, 4.69) is 19.9 Å². The molecule has 4 rings (SSSR count). The van der Waals surface area contributed by atoms with Gasteiger partial charge in [-0.25, -0.2) is 9.97 Å². The monoisotopic (exact) mass is 380 g/mol. The number of amides is 1. The zero-order valence-electron chi connectivity index (χ0n) is 15.5. The van der Waals surface area contributed by atoms with Crippen molar-refractivity contribution in [2.24, 2.45) is 0 Å². The van der Waals surface area contributed by atoms with Crippen molar-refractivity contribution in [2.75, 3.05) is 38.6 Å². The maximum Gasteiger partial charge on any atom is 0.254 e. The zero-order valence-corrected chi connectivity index (χ0v) is 15.5. The molecule has 3 heterocycles. The highest BCUT2D eigenvalue weighted by molar-refractivity contribution is 5.94.